The maximum atomic E-state index is 4.61. The number of pyridine rings is 1. The minimum Gasteiger partial charge on any atom is -1.00 e. The van der Waals surface area contributed by atoms with Crippen molar-refractivity contribution in [2.24, 2.45) is 14.1 Å². The maximum Gasteiger partial charge on any atom is 3.00 e. The predicted molar refractivity (Wildman–Crippen MR) is 68.6 cm³/mol. The Morgan fingerprint density at radius 1 is 0.773 bits per heavy atom. The van der Waals surface area contributed by atoms with E-state index in [1.54, 1.807) is 12.4 Å². The molecule has 0 saturated carbocycles. The molecule has 3 rings (SSSR count). The van der Waals surface area contributed by atoms with Crippen LogP contribution >= 0.6 is 0 Å². The molecule has 0 amide bonds. The molecule has 0 aliphatic carbocycles. The van der Waals surface area contributed by atoms with Gasteiger partial charge in [-0.15, -0.1) is 0 Å². The van der Waals surface area contributed by atoms with E-state index in [1.807, 2.05) is 53.8 Å². The Kier molecular flexibility index (Phi) is 10.4. The van der Waals surface area contributed by atoms with Crippen LogP contribution in [0.15, 0.2) is 43.0 Å². The third kappa shape index (κ3) is 4.48. The summed E-state index contributed by atoms with van der Waals surface area (Å²) in [6.45, 7) is 0. The van der Waals surface area contributed by atoms with Crippen molar-refractivity contribution in [3.05, 3.63) is 43.0 Å². The molecule has 3 aromatic rings. The van der Waals surface area contributed by atoms with Gasteiger partial charge in [0.15, 0.2) is 11.6 Å². The molecular weight excluding hydrogens is 388 g/mol. The third-order valence-corrected chi connectivity index (χ3v) is 2.85. The van der Waals surface area contributed by atoms with Crippen LogP contribution in [0.5, 0.6) is 0 Å². The van der Waals surface area contributed by atoms with E-state index in [4.69, 9.17) is 0 Å². The first kappa shape index (κ1) is 23.2. The molecule has 0 unspecified atom stereocenters. The van der Waals surface area contributed by atoms with Crippen LogP contribution in [-0.2, 0) is 31.2 Å². The van der Waals surface area contributed by atoms with Crippen molar-refractivity contribution in [2.45, 2.75) is 0 Å². The number of aromatic nitrogens is 5. The number of imidazole rings is 2. The zero-order valence-electron chi connectivity index (χ0n) is 11.8. The van der Waals surface area contributed by atoms with Crippen LogP contribution in [0.2, 0.25) is 0 Å². The normalized spacial score (nSPS) is 8.82. The molecule has 0 aromatic carbocycles. The van der Waals surface area contributed by atoms with Gasteiger partial charge in [0, 0.05) is 38.9 Å². The van der Waals surface area contributed by atoms with Gasteiger partial charge in [-0.3, -0.25) is 0 Å². The van der Waals surface area contributed by atoms with Gasteiger partial charge in [0.05, 0.1) is 0 Å². The summed E-state index contributed by atoms with van der Waals surface area (Å²) in [5, 5.41) is 0. The van der Waals surface area contributed by atoms with Gasteiger partial charge in [0.25, 0.3) is 0 Å². The van der Waals surface area contributed by atoms with Crippen molar-refractivity contribution in [3.8, 4) is 23.0 Å². The third-order valence-electron chi connectivity index (χ3n) is 2.85. The van der Waals surface area contributed by atoms with Gasteiger partial charge >= 0.3 is 17.1 Å². The summed E-state index contributed by atoms with van der Waals surface area (Å²) in [4.78, 5) is 13.2. The van der Waals surface area contributed by atoms with Gasteiger partial charge < -0.3 is 46.4 Å². The second-order valence-corrected chi connectivity index (χ2v) is 4.13. The van der Waals surface area contributed by atoms with E-state index in [9.17, 15) is 0 Å². The molecule has 3 aromatic heterocycles. The molecule has 1 radical (unpaired) electrons. The fourth-order valence-electron chi connectivity index (χ4n) is 1.91. The maximum absolute atomic E-state index is 4.61. The Labute approximate surface area is 158 Å². The van der Waals surface area contributed by atoms with E-state index >= 15 is 0 Å². The first-order valence-electron chi connectivity index (χ1n) is 5.68. The average molecular weight is 401 g/mol. The summed E-state index contributed by atoms with van der Waals surface area (Å²) in [5.41, 5.74) is 1.70. The number of hydrogen-bond donors (Lipinski definition) is 0. The predicted octanol–water partition coefficient (Wildman–Crippen LogP) is -7.11. The van der Waals surface area contributed by atoms with Crippen LogP contribution < -0.4 is 37.2 Å². The summed E-state index contributed by atoms with van der Waals surface area (Å²) in [6.07, 6.45) is 7.35. The SMILES string of the molecule is Cn1ccnc1-c1cccc(-c2nccn2C)n1.[Cl-].[Cl-].[Cl-].[Fe+3]. The molecule has 119 valence electrons. The van der Waals surface area contributed by atoms with Crippen molar-refractivity contribution in [2.75, 3.05) is 0 Å². The second kappa shape index (κ2) is 9.87. The van der Waals surface area contributed by atoms with Crippen molar-refractivity contribution >= 4 is 0 Å². The molecule has 0 fully saturated rings. The van der Waals surface area contributed by atoms with Crippen LogP contribution in [0.3, 0.4) is 0 Å². The Balaban J connectivity index is 0. The average Bonchev–Trinajstić information content (AvgIpc) is 2.98. The van der Waals surface area contributed by atoms with Crippen LogP contribution in [0.1, 0.15) is 0 Å². The molecule has 0 aliphatic heterocycles. The van der Waals surface area contributed by atoms with E-state index < -0.39 is 0 Å². The fraction of sp³-hybridized carbons (Fsp3) is 0.154. The molecule has 0 saturated heterocycles. The van der Waals surface area contributed by atoms with Crippen molar-refractivity contribution in [1.29, 1.82) is 0 Å². The Morgan fingerprint density at radius 2 is 1.18 bits per heavy atom. The number of halogens is 3. The standard InChI is InChI=1S/C13H13N5.3ClH.Fe/c1-17-8-6-14-12(17)10-4-3-5-11(16-10)13-15-7-9-18(13)2;;;;/h3-9H,1-2H3;3*1H;/q;;;;+3/p-3. The minimum atomic E-state index is 0. The number of rotatable bonds is 2. The molecule has 3 heterocycles. The van der Waals surface area contributed by atoms with Gasteiger partial charge in [-0.25, -0.2) is 15.0 Å². The second-order valence-electron chi connectivity index (χ2n) is 4.13. The van der Waals surface area contributed by atoms with Gasteiger partial charge in [-0.1, -0.05) is 6.07 Å². The zero-order valence-corrected chi connectivity index (χ0v) is 15.1. The Bertz CT molecular complexity index is 643. The van der Waals surface area contributed by atoms with Gasteiger partial charge in [-0.05, 0) is 12.1 Å². The number of nitrogens with zero attached hydrogens (tertiary/aromatic N) is 5. The summed E-state index contributed by atoms with van der Waals surface area (Å²) in [7, 11) is 3.91. The Hall–Kier alpha value is -1.04. The summed E-state index contributed by atoms with van der Waals surface area (Å²) < 4.78 is 3.90. The smallest absolute Gasteiger partial charge is 1.00 e. The van der Waals surface area contributed by atoms with E-state index in [-0.39, 0.29) is 54.3 Å². The van der Waals surface area contributed by atoms with E-state index in [0.29, 0.717) is 0 Å². The van der Waals surface area contributed by atoms with Crippen molar-refractivity contribution in [1.82, 2.24) is 24.1 Å². The number of aryl methyl sites for hydroxylation is 2. The monoisotopic (exact) mass is 400 g/mol. The molecule has 0 bridgehead atoms. The summed E-state index contributed by atoms with van der Waals surface area (Å²) >= 11 is 0. The van der Waals surface area contributed by atoms with Crippen LogP contribution in [0, 0.1) is 0 Å². The summed E-state index contributed by atoms with van der Waals surface area (Å²) in [5.74, 6) is 1.71. The molecule has 22 heavy (non-hydrogen) atoms. The molecule has 0 spiro atoms. The van der Waals surface area contributed by atoms with Crippen LogP contribution in [0.4, 0.5) is 0 Å². The zero-order chi connectivity index (χ0) is 12.5. The van der Waals surface area contributed by atoms with Crippen molar-refractivity contribution < 1.29 is 54.3 Å². The van der Waals surface area contributed by atoms with Gasteiger partial charge in [-0.2, -0.15) is 0 Å². The Morgan fingerprint density at radius 3 is 1.50 bits per heavy atom. The molecule has 0 N–H and O–H groups in total. The fourth-order valence-corrected chi connectivity index (χ4v) is 1.91. The van der Waals surface area contributed by atoms with Crippen LogP contribution in [0.25, 0.3) is 23.0 Å². The molecule has 9 heteroatoms. The van der Waals surface area contributed by atoms with Gasteiger partial charge in [0.1, 0.15) is 11.4 Å². The summed E-state index contributed by atoms with van der Waals surface area (Å²) in [6, 6.07) is 5.88. The number of hydrogen-bond acceptors (Lipinski definition) is 3. The minimum absolute atomic E-state index is 0. The van der Waals surface area contributed by atoms with E-state index in [2.05, 4.69) is 15.0 Å². The quantitative estimate of drug-likeness (QED) is 0.401. The van der Waals surface area contributed by atoms with Crippen LogP contribution in [-0.4, -0.2) is 24.1 Å². The van der Waals surface area contributed by atoms with Gasteiger partial charge in [0.2, 0.25) is 0 Å². The first-order valence-corrected chi connectivity index (χ1v) is 5.68. The molecular formula is C13H13Cl3FeN5. The molecule has 0 aliphatic rings. The first-order chi connectivity index (χ1) is 8.75. The topological polar surface area (TPSA) is 48.5 Å². The van der Waals surface area contributed by atoms with E-state index in [0.717, 1.165) is 23.0 Å². The van der Waals surface area contributed by atoms with E-state index in [1.165, 1.54) is 0 Å². The molecule has 5 nitrogen and oxygen atoms in total. The molecule has 0 atom stereocenters. The largest absolute Gasteiger partial charge is 3.00 e. The van der Waals surface area contributed by atoms with Crippen molar-refractivity contribution in [3.63, 3.8) is 0 Å².